The molecule has 110 valence electrons. The lowest BCUT2D eigenvalue weighted by Gasteiger charge is -2.20. The van der Waals surface area contributed by atoms with Crippen LogP contribution in [-0.2, 0) is 22.9 Å². The molecule has 0 atom stereocenters. The summed E-state index contributed by atoms with van der Waals surface area (Å²) in [5.74, 6) is 0.0742. The molecule has 5 nitrogen and oxygen atoms in total. The zero-order chi connectivity index (χ0) is 14.9. The van der Waals surface area contributed by atoms with E-state index in [0.29, 0.717) is 24.3 Å². The summed E-state index contributed by atoms with van der Waals surface area (Å²) in [7, 11) is -3.36. The molecule has 2 N–H and O–H groups in total. The third kappa shape index (κ3) is 2.71. The molecule has 21 heavy (non-hydrogen) atoms. The van der Waals surface area contributed by atoms with E-state index in [0.717, 1.165) is 17.5 Å². The van der Waals surface area contributed by atoms with Crippen molar-refractivity contribution in [3.63, 3.8) is 0 Å². The highest BCUT2D eigenvalue weighted by molar-refractivity contribution is 7.92. The predicted octanol–water partition coefficient (Wildman–Crippen LogP) is 1.60. The highest BCUT2D eigenvalue weighted by atomic mass is 32.2. The molecule has 2 heterocycles. The molecule has 1 aliphatic heterocycles. The van der Waals surface area contributed by atoms with Crippen molar-refractivity contribution in [2.75, 3.05) is 22.3 Å². The van der Waals surface area contributed by atoms with Crippen molar-refractivity contribution in [2.45, 2.75) is 12.8 Å². The highest BCUT2D eigenvalue weighted by Crippen LogP contribution is 2.35. The summed E-state index contributed by atoms with van der Waals surface area (Å²) < 4.78 is 26.6. The minimum Gasteiger partial charge on any atom is -0.397 e. The van der Waals surface area contributed by atoms with Gasteiger partial charge in [0.15, 0.2) is 0 Å². The van der Waals surface area contributed by atoms with Gasteiger partial charge in [0.1, 0.15) is 0 Å². The van der Waals surface area contributed by atoms with Gasteiger partial charge in [0.05, 0.1) is 17.1 Å². The monoisotopic (exact) mass is 303 g/mol. The molecule has 2 aromatic rings. The van der Waals surface area contributed by atoms with E-state index in [1.165, 1.54) is 4.31 Å². The van der Waals surface area contributed by atoms with Crippen LogP contribution < -0.4 is 10.0 Å². The van der Waals surface area contributed by atoms with Crippen LogP contribution in [0.4, 0.5) is 11.4 Å². The SMILES string of the molecule is Nc1cccc2c1N(S(=O)(=O)CCc1ccncc1)CC2. The second kappa shape index (κ2) is 5.37. The molecular formula is C15H17N3O2S. The second-order valence-electron chi connectivity index (χ2n) is 5.10. The fourth-order valence-corrected chi connectivity index (χ4v) is 4.22. The van der Waals surface area contributed by atoms with Crippen LogP contribution in [0.25, 0.3) is 0 Å². The Balaban J connectivity index is 1.82. The summed E-state index contributed by atoms with van der Waals surface area (Å²) in [6.07, 6.45) is 4.54. The lowest BCUT2D eigenvalue weighted by molar-refractivity contribution is 0.591. The van der Waals surface area contributed by atoms with E-state index in [-0.39, 0.29) is 5.75 Å². The number of aryl methyl sites for hydroxylation is 1. The summed E-state index contributed by atoms with van der Waals surface area (Å²) in [6.45, 7) is 0.474. The number of rotatable bonds is 4. The minimum absolute atomic E-state index is 0.0742. The molecule has 0 saturated carbocycles. The number of benzene rings is 1. The van der Waals surface area contributed by atoms with Crippen LogP contribution in [0.2, 0.25) is 0 Å². The third-order valence-corrected chi connectivity index (χ3v) is 5.47. The number of para-hydroxylation sites is 1. The van der Waals surface area contributed by atoms with Gasteiger partial charge in [0.25, 0.3) is 0 Å². The van der Waals surface area contributed by atoms with E-state index in [9.17, 15) is 8.42 Å². The van der Waals surface area contributed by atoms with E-state index in [1.54, 1.807) is 18.5 Å². The number of nitrogen functional groups attached to an aromatic ring is 1. The maximum atomic E-state index is 12.6. The summed E-state index contributed by atoms with van der Waals surface area (Å²) in [4.78, 5) is 3.93. The van der Waals surface area contributed by atoms with Crippen molar-refractivity contribution < 1.29 is 8.42 Å². The molecule has 3 rings (SSSR count). The lowest BCUT2D eigenvalue weighted by Crippen LogP contribution is -2.32. The molecule has 0 radical (unpaired) electrons. The first-order chi connectivity index (χ1) is 10.1. The first kappa shape index (κ1) is 13.9. The van der Waals surface area contributed by atoms with E-state index < -0.39 is 10.0 Å². The zero-order valence-electron chi connectivity index (χ0n) is 11.6. The molecule has 0 saturated heterocycles. The molecule has 0 amide bonds. The first-order valence-electron chi connectivity index (χ1n) is 6.84. The van der Waals surface area contributed by atoms with Crippen LogP contribution in [0.3, 0.4) is 0 Å². The number of fused-ring (bicyclic) bond motifs is 1. The van der Waals surface area contributed by atoms with E-state index in [1.807, 2.05) is 24.3 Å². The van der Waals surface area contributed by atoms with Gasteiger partial charge in [-0.3, -0.25) is 9.29 Å². The molecule has 0 bridgehead atoms. The number of aromatic nitrogens is 1. The lowest BCUT2D eigenvalue weighted by atomic mass is 10.1. The van der Waals surface area contributed by atoms with Crippen LogP contribution in [0.15, 0.2) is 42.7 Å². The van der Waals surface area contributed by atoms with Crippen LogP contribution in [0.1, 0.15) is 11.1 Å². The Morgan fingerprint density at radius 3 is 2.71 bits per heavy atom. The van der Waals surface area contributed by atoms with Gasteiger partial charge in [-0.15, -0.1) is 0 Å². The van der Waals surface area contributed by atoms with Crippen LogP contribution in [-0.4, -0.2) is 25.7 Å². The minimum atomic E-state index is -3.36. The number of sulfonamides is 1. The van der Waals surface area contributed by atoms with Crippen molar-refractivity contribution in [2.24, 2.45) is 0 Å². The summed E-state index contributed by atoms with van der Waals surface area (Å²) >= 11 is 0. The van der Waals surface area contributed by atoms with Gasteiger partial charge in [0, 0.05) is 18.9 Å². The Morgan fingerprint density at radius 2 is 1.95 bits per heavy atom. The van der Waals surface area contributed by atoms with Crippen molar-refractivity contribution in [3.8, 4) is 0 Å². The molecule has 0 aliphatic carbocycles. The normalized spacial score (nSPS) is 14.2. The van der Waals surface area contributed by atoms with Crippen LogP contribution in [0.5, 0.6) is 0 Å². The Bertz CT molecular complexity index is 745. The number of anilines is 2. The zero-order valence-corrected chi connectivity index (χ0v) is 12.4. The smallest absolute Gasteiger partial charge is 0.235 e. The third-order valence-electron chi connectivity index (χ3n) is 3.72. The standard InChI is InChI=1S/C15H17N3O2S/c16-14-3-1-2-13-6-10-18(15(13)14)21(19,20)11-7-12-4-8-17-9-5-12/h1-5,8-9H,6-7,10-11,16H2. The van der Waals surface area contributed by atoms with Crippen molar-refractivity contribution >= 4 is 21.4 Å². The van der Waals surface area contributed by atoms with E-state index in [4.69, 9.17) is 5.73 Å². The van der Waals surface area contributed by atoms with Gasteiger partial charge < -0.3 is 5.73 Å². The summed E-state index contributed by atoms with van der Waals surface area (Å²) in [6, 6.07) is 9.21. The quantitative estimate of drug-likeness (QED) is 0.870. The molecule has 1 aromatic carbocycles. The van der Waals surface area contributed by atoms with Crippen LogP contribution >= 0.6 is 0 Å². The van der Waals surface area contributed by atoms with Crippen molar-refractivity contribution in [1.82, 2.24) is 4.98 Å². The van der Waals surface area contributed by atoms with Gasteiger partial charge in [-0.25, -0.2) is 8.42 Å². The summed E-state index contributed by atoms with van der Waals surface area (Å²) in [5, 5.41) is 0. The van der Waals surface area contributed by atoms with E-state index in [2.05, 4.69) is 4.98 Å². The van der Waals surface area contributed by atoms with Crippen molar-refractivity contribution in [3.05, 3.63) is 53.9 Å². The number of pyridine rings is 1. The maximum absolute atomic E-state index is 12.6. The van der Waals surface area contributed by atoms with Gasteiger partial charge in [-0.1, -0.05) is 12.1 Å². The largest absolute Gasteiger partial charge is 0.397 e. The maximum Gasteiger partial charge on any atom is 0.235 e. The van der Waals surface area contributed by atoms with Crippen molar-refractivity contribution in [1.29, 1.82) is 0 Å². The molecule has 0 spiro atoms. The first-order valence-corrected chi connectivity index (χ1v) is 8.45. The summed E-state index contributed by atoms with van der Waals surface area (Å²) in [5.41, 5.74) is 9.11. The van der Waals surface area contributed by atoms with Gasteiger partial charge in [0.2, 0.25) is 10.0 Å². The molecule has 1 aromatic heterocycles. The number of hydrogen-bond acceptors (Lipinski definition) is 4. The van der Waals surface area contributed by atoms with Gasteiger partial charge >= 0.3 is 0 Å². The Hall–Kier alpha value is -2.08. The topological polar surface area (TPSA) is 76.3 Å². The Morgan fingerprint density at radius 1 is 1.19 bits per heavy atom. The molecule has 1 aliphatic rings. The molecule has 6 heteroatoms. The van der Waals surface area contributed by atoms with Gasteiger partial charge in [-0.05, 0) is 42.2 Å². The fraction of sp³-hybridized carbons (Fsp3) is 0.267. The second-order valence-corrected chi connectivity index (χ2v) is 7.11. The predicted molar refractivity (Wildman–Crippen MR) is 83.6 cm³/mol. The average Bonchev–Trinajstić information content (AvgIpc) is 2.93. The highest BCUT2D eigenvalue weighted by Gasteiger charge is 2.30. The fourth-order valence-electron chi connectivity index (χ4n) is 2.64. The Labute approximate surface area is 124 Å². The average molecular weight is 303 g/mol. The number of nitrogens with zero attached hydrogens (tertiary/aromatic N) is 2. The Kier molecular flexibility index (Phi) is 3.55. The molecular weight excluding hydrogens is 286 g/mol. The molecule has 0 fully saturated rings. The van der Waals surface area contributed by atoms with E-state index >= 15 is 0 Å². The number of nitrogens with two attached hydrogens (primary N) is 1. The van der Waals surface area contributed by atoms with Crippen LogP contribution in [0, 0.1) is 0 Å². The molecule has 0 unspecified atom stereocenters. The van der Waals surface area contributed by atoms with Gasteiger partial charge in [-0.2, -0.15) is 0 Å². The number of hydrogen-bond donors (Lipinski definition) is 1.